The van der Waals surface area contributed by atoms with Crippen LogP contribution >= 0.6 is 47.0 Å². The molecule has 0 aliphatic carbocycles. The molecule has 192 valence electrons. The molecular weight excluding hydrogens is 501 g/mol. The van der Waals surface area contributed by atoms with E-state index in [0.29, 0.717) is 6.61 Å². The van der Waals surface area contributed by atoms with Gasteiger partial charge < -0.3 is 14.6 Å². The molecule has 0 radical (unpaired) electrons. The monoisotopic (exact) mass is 542 g/mol. The van der Waals surface area contributed by atoms with Crippen LogP contribution in [0.5, 0.6) is 0 Å². The molecule has 3 aliphatic heterocycles. The molecule has 7 heteroatoms. The van der Waals surface area contributed by atoms with E-state index in [0.717, 1.165) is 32.1 Å². The topological polar surface area (TPSA) is 38.7 Å². The molecule has 1 aromatic rings. The van der Waals surface area contributed by atoms with Gasteiger partial charge in [0.25, 0.3) is 0 Å². The highest BCUT2D eigenvalue weighted by molar-refractivity contribution is 8.19. The molecule has 1 aromatic carbocycles. The molecule has 3 saturated heterocycles. The van der Waals surface area contributed by atoms with Crippen molar-refractivity contribution in [1.29, 1.82) is 0 Å². The minimum absolute atomic E-state index is 0.0422. The summed E-state index contributed by atoms with van der Waals surface area (Å²) in [6.07, 6.45) is 7.62. The zero-order valence-electron chi connectivity index (χ0n) is 21.0. The largest absolute Gasteiger partial charge is 0.393 e. The van der Waals surface area contributed by atoms with Crippen LogP contribution in [0.1, 0.15) is 71.3 Å². The summed E-state index contributed by atoms with van der Waals surface area (Å²) in [7, 11) is 0. The second-order valence-corrected chi connectivity index (χ2v) is 16.3. The molecule has 3 fully saturated rings. The molecule has 0 bridgehead atoms. The summed E-state index contributed by atoms with van der Waals surface area (Å²) in [5.74, 6) is 4.58. The second kappa shape index (κ2) is 12.4. The number of hydrogen-bond donors (Lipinski definition) is 1. The van der Waals surface area contributed by atoms with Gasteiger partial charge in [-0.05, 0) is 87.4 Å². The van der Waals surface area contributed by atoms with Crippen molar-refractivity contribution in [2.45, 2.75) is 91.9 Å². The second-order valence-electron chi connectivity index (χ2n) is 10.2. The third kappa shape index (κ3) is 6.68. The van der Waals surface area contributed by atoms with Crippen LogP contribution in [0.15, 0.2) is 30.3 Å². The molecule has 0 spiro atoms. The quantitative estimate of drug-likeness (QED) is 0.331. The SMILES string of the molecule is CC[C@@H]([C@H](O)CC1(CCC[C@H]2COC(C)(C)O2)SCCCS1)C1(c2ccccc2)SCCCS1. The highest BCUT2D eigenvalue weighted by atomic mass is 32.2. The number of rotatable bonds is 10. The van der Waals surface area contributed by atoms with Crippen molar-refractivity contribution in [3.05, 3.63) is 35.9 Å². The van der Waals surface area contributed by atoms with Crippen LogP contribution in [0, 0.1) is 5.92 Å². The van der Waals surface area contributed by atoms with Crippen molar-refractivity contribution in [2.75, 3.05) is 29.6 Å². The van der Waals surface area contributed by atoms with E-state index >= 15 is 0 Å². The molecule has 1 N–H and O–H groups in total. The Morgan fingerprint density at radius 2 is 1.65 bits per heavy atom. The first-order chi connectivity index (χ1) is 16.4. The molecule has 0 saturated carbocycles. The predicted octanol–water partition coefficient (Wildman–Crippen LogP) is 7.37. The number of ether oxygens (including phenoxy) is 2. The summed E-state index contributed by atoms with van der Waals surface area (Å²) in [4.78, 5) is 0. The van der Waals surface area contributed by atoms with Gasteiger partial charge in [0, 0.05) is 5.92 Å². The number of aliphatic hydroxyl groups is 1. The Hall–Kier alpha value is 0.500. The summed E-state index contributed by atoms with van der Waals surface area (Å²) in [6, 6.07) is 11.0. The Bertz CT molecular complexity index is 748. The van der Waals surface area contributed by atoms with Gasteiger partial charge in [0.05, 0.1) is 27.0 Å². The lowest BCUT2D eigenvalue weighted by atomic mass is 9.87. The van der Waals surface area contributed by atoms with E-state index in [1.54, 1.807) is 0 Å². The van der Waals surface area contributed by atoms with E-state index in [4.69, 9.17) is 9.47 Å². The van der Waals surface area contributed by atoms with Gasteiger partial charge >= 0.3 is 0 Å². The van der Waals surface area contributed by atoms with Crippen molar-refractivity contribution in [3.63, 3.8) is 0 Å². The lowest BCUT2D eigenvalue weighted by Crippen LogP contribution is -2.42. The number of hydrogen-bond acceptors (Lipinski definition) is 7. The zero-order valence-corrected chi connectivity index (χ0v) is 24.3. The van der Waals surface area contributed by atoms with Crippen LogP contribution in [0.4, 0.5) is 0 Å². The molecule has 0 aromatic heterocycles. The number of thioether (sulfide) groups is 4. The molecule has 0 unspecified atom stereocenters. The highest BCUT2D eigenvalue weighted by Gasteiger charge is 2.48. The molecule has 3 nitrogen and oxygen atoms in total. The van der Waals surface area contributed by atoms with Gasteiger partial charge in [-0.2, -0.15) is 0 Å². The van der Waals surface area contributed by atoms with Crippen LogP contribution in [0.25, 0.3) is 0 Å². The minimum atomic E-state index is -0.442. The van der Waals surface area contributed by atoms with Gasteiger partial charge in [-0.25, -0.2) is 0 Å². The lowest BCUT2D eigenvalue weighted by molar-refractivity contribution is -0.139. The fraction of sp³-hybridized carbons (Fsp3) is 0.778. The Balaban J connectivity index is 1.46. The summed E-state index contributed by atoms with van der Waals surface area (Å²) < 4.78 is 11.9. The number of benzene rings is 1. The average molecular weight is 543 g/mol. The van der Waals surface area contributed by atoms with E-state index in [1.807, 2.05) is 13.8 Å². The minimum Gasteiger partial charge on any atom is -0.393 e. The van der Waals surface area contributed by atoms with Crippen LogP contribution in [-0.2, 0) is 13.6 Å². The summed E-state index contributed by atoms with van der Waals surface area (Å²) in [6.45, 7) is 7.00. The fourth-order valence-electron chi connectivity index (χ4n) is 5.55. The molecule has 3 atom stereocenters. The number of aliphatic hydroxyl groups excluding tert-OH is 1. The van der Waals surface area contributed by atoms with Crippen molar-refractivity contribution in [2.24, 2.45) is 5.92 Å². The maximum absolute atomic E-state index is 11.9. The first-order valence-electron chi connectivity index (χ1n) is 13.0. The molecule has 3 heterocycles. The standard InChI is InChI=1S/C27H42O3S4/c1-4-23(27(33-17-10-18-34-27)21-11-6-5-7-12-21)24(28)19-26(31-15-9-16-32-26)14-8-13-22-20-29-25(2,3)30-22/h5-7,11-12,22-24,28H,4,8-10,13-20H2,1-3H3/t22-,23-,24+/m0/s1. The van der Waals surface area contributed by atoms with E-state index in [2.05, 4.69) is 84.3 Å². The smallest absolute Gasteiger partial charge is 0.163 e. The van der Waals surface area contributed by atoms with E-state index in [9.17, 15) is 5.11 Å². The summed E-state index contributed by atoms with van der Waals surface area (Å²) in [5, 5.41) is 11.9. The van der Waals surface area contributed by atoms with Crippen LogP contribution in [-0.4, -0.2) is 56.8 Å². The van der Waals surface area contributed by atoms with E-state index < -0.39 is 5.79 Å². The Labute approximate surface area is 224 Å². The van der Waals surface area contributed by atoms with Crippen molar-refractivity contribution >= 4 is 47.0 Å². The highest BCUT2D eigenvalue weighted by Crippen LogP contribution is 2.59. The average Bonchev–Trinajstić information content (AvgIpc) is 3.19. The maximum Gasteiger partial charge on any atom is 0.163 e. The third-order valence-electron chi connectivity index (χ3n) is 7.18. The molecule has 4 rings (SSSR count). The van der Waals surface area contributed by atoms with Crippen molar-refractivity contribution in [3.8, 4) is 0 Å². The van der Waals surface area contributed by atoms with E-state index in [1.165, 1.54) is 41.4 Å². The Kier molecular flexibility index (Phi) is 10.0. The molecular formula is C27H42O3S4. The van der Waals surface area contributed by atoms with Gasteiger partial charge in [-0.1, -0.05) is 37.3 Å². The summed E-state index contributed by atoms with van der Waals surface area (Å²) >= 11 is 8.37. The van der Waals surface area contributed by atoms with Gasteiger partial charge in [-0.15, -0.1) is 47.0 Å². The van der Waals surface area contributed by atoms with Crippen molar-refractivity contribution < 1.29 is 14.6 Å². The fourth-order valence-corrected chi connectivity index (χ4v) is 12.9. The van der Waals surface area contributed by atoms with Crippen LogP contribution in [0.2, 0.25) is 0 Å². The predicted molar refractivity (Wildman–Crippen MR) is 153 cm³/mol. The van der Waals surface area contributed by atoms with Crippen molar-refractivity contribution in [1.82, 2.24) is 0 Å². The van der Waals surface area contributed by atoms with E-state index in [-0.39, 0.29) is 26.3 Å². The van der Waals surface area contributed by atoms with Crippen LogP contribution in [0.3, 0.4) is 0 Å². The van der Waals surface area contributed by atoms with Gasteiger partial charge in [0.15, 0.2) is 5.79 Å². The normalized spacial score (nSPS) is 27.8. The Morgan fingerprint density at radius 3 is 2.24 bits per heavy atom. The summed E-state index contributed by atoms with van der Waals surface area (Å²) in [5.41, 5.74) is 1.38. The Morgan fingerprint density at radius 1 is 1.00 bits per heavy atom. The van der Waals surface area contributed by atoms with Crippen LogP contribution < -0.4 is 0 Å². The zero-order chi connectivity index (χ0) is 24.1. The first kappa shape index (κ1) is 27.5. The first-order valence-corrected chi connectivity index (χ1v) is 16.9. The lowest BCUT2D eigenvalue weighted by Gasteiger charge is -2.47. The van der Waals surface area contributed by atoms with Gasteiger partial charge in [-0.3, -0.25) is 0 Å². The molecule has 3 aliphatic rings. The van der Waals surface area contributed by atoms with Gasteiger partial charge in [0.2, 0.25) is 0 Å². The molecule has 34 heavy (non-hydrogen) atoms. The molecule has 0 amide bonds. The third-order valence-corrected chi connectivity index (χ3v) is 14.3. The maximum atomic E-state index is 11.9. The van der Waals surface area contributed by atoms with Gasteiger partial charge in [0.1, 0.15) is 0 Å².